The summed E-state index contributed by atoms with van der Waals surface area (Å²) < 4.78 is 0. The molecule has 7 heteroatoms. The lowest BCUT2D eigenvalue weighted by Crippen LogP contribution is -2.37. The molecule has 11 heavy (non-hydrogen) atoms. The highest BCUT2D eigenvalue weighted by atomic mass is 16.4. The van der Waals surface area contributed by atoms with E-state index in [-0.39, 0.29) is 12.3 Å². The Morgan fingerprint density at radius 3 is 2.36 bits per heavy atom. The number of oxime groups is 1. The normalized spacial score (nSPS) is 10.7. The van der Waals surface area contributed by atoms with Crippen LogP contribution in [0.25, 0.3) is 0 Å². The van der Waals surface area contributed by atoms with Crippen LogP contribution in [0.2, 0.25) is 0 Å². The molecule has 0 saturated heterocycles. The van der Waals surface area contributed by atoms with Gasteiger partial charge in [-0.05, 0) is 0 Å². The van der Waals surface area contributed by atoms with Gasteiger partial charge in [0.25, 0.3) is 0 Å². The lowest BCUT2D eigenvalue weighted by atomic mass is 10.4. The van der Waals surface area contributed by atoms with E-state index in [0.29, 0.717) is 0 Å². The Morgan fingerprint density at radius 2 is 2.00 bits per heavy atom. The summed E-state index contributed by atoms with van der Waals surface area (Å²) in [5, 5.41) is 12.2. The molecule has 0 aromatic carbocycles. The monoisotopic (exact) mass is 160 g/mol. The Bertz CT molecular complexity index is 200. The zero-order valence-electron chi connectivity index (χ0n) is 5.57. The van der Waals surface area contributed by atoms with Gasteiger partial charge in [-0.15, -0.1) is 0 Å². The number of carbonyl (C=O) groups excluding carboxylic acids is 2. The summed E-state index contributed by atoms with van der Waals surface area (Å²) in [6.45, 7) is 0. The highest BCUT2D eigenvalue weighted by molar-refractivity contribution is 6.04. The molecule has 0 bridgehead atoms. The summed E-state index contributed by atoms with van der Waals surface area (Å²) in [4.78, 5) is 20.6. The SMILES string of the molecule is NC(=O)NC(=O)CC(N)=NO. The van der Waals surface area contributed by atoms with Gasteiger partial charge >= 0.3 is 6.03 Å². The van der Waals surface area contributed by atoms with Gasteiger partial charge in [0.1, 0.15) is 5.84 Å². The number of nitrogens with two attached hydrogens (primary N) is 2. The van der Waals surface area contributed by atoms with Crippen molar-refractivity contribution in [3.05, 3.63) is 0 Å². The number of amides is 3. The van der Waals surface area contributed by atoms with Gasteiger partial charge in [-0.2, -0.15) is 0 Å². The molecule has 0 heterocycles. The number of carbonyl (C=O) groups is 2. The van der Waals surface area contributed by atoms with Gasteiger partial charge in [0.05, 0.1) is 6.42 Å². The molecule has 0 fully saturated rings. The van der Waals surface area contributed by atoms with Gasteiger partial charge in [-0.1, -0.05) is 5.16 Å². The maximum atomic E-state index is 10.5. The summed E-state index contributed by atoms with van der Waals surface area (Å²) in [7, 11) is 0. The molecule has 0 rings (SSSR count). The standard InChI is InChI=1S/C4H8N4O3/c5-2(8-11)1-3(9)7-4(6)10/h11H,1H2,(H2,5,8)(H3,6,7,9,10). The van der Waals surface area contributed by atoms with Crippen LogP contribution < -0.4 is 16.8 Å². The molecule has 6 N–H and O–H groups in total. The first-order chi connectivity index (χ1) is 5.06. The number of hydrogen-bond acceptors (Lipinski definition) is 4. The Balaban J connectivity index is 3.79. The van der Waals surface area contributed by atoms with Gasteiger partial charge in [0.15, 0.2) is 0 Å². The van der Waals surface area contributed by atoms with Crippen molar-refractivity contribution < 1.29 is 14.8 Å². The summed E-state index contributed by atoms with van der Waals surface area (Å²) >= 11 is 0. The molecule has 0 aromatic heterocycles. The minimum absolute atomic E-state index is 0.288. The van der Waals surface area contributed by atoms with Crippen molar-refractivity contribution >= 4 is 17.8 Å². The number of primary amides is 1. The lowest BCUT2D eigenvalue weighted by Gasteiger charge is -1.97. The molecule has 7 nitrogen and oxygen atoms in total. The summed E-state index contributed by atoms with van der Waals surface area (Å²) in [6, 6.07) is -0.972. The molecule has 0 aliphatic carbocycles. The van der Waals surface area contributed by atoms with E-state index in [1.807, 2.05) is 0 Å². The number of nitrogens with one attached hydrogen (secondary N) is 1. The van der Waals surface area contributed by atoms with Crippen LogP contribution in [-0.2, 0) is 4.79 Å². The quantitative estimate of drug-likeness (QED) is 0.166. The Kier molecular flexibility index (Phi) is 3.43. The van der Waals surface area contributed by atoms with E-state index >= 15 is 0 Å². The number of imide groups is 1. The smallest absolute Gasteiger partial charge is 0.318 e. The van der Waals surface area contributed by atoms with Crippen LogP contribution in [0.15, 0.2) is 5.16 Å². The van der Waals surface area contributed by atoms with Crippen LogP contribution in [0.5, 0.6) is 0 Å². The molecule has 0 aliphatic rings. The first kappa shape index (κ1) is 9.21. The number of hydrogen-bond donors (Lipinski definition) is 4. The molecule has 0 aromatic rings. The summed E-state index contributed by atoms with van der Waals surface area (Å²) in [5.74, 6) is -1.00. The van der Waals surface area contributed by atoms with Gasteiger partial charge in [-0.25, -0.2) is 4.79 Å². The van der Waals surface area contributed by atoms with Crippen molar-refractivity contribution in [1.29, 1.82) is 0 Å². The highest BCUT2D eigenvalue weighted by Gasteiger charge is 2.05. The minimum atomic E-state index is -0.972. The third-order valence-corrected chi connectivity index (χ3v) is 0.733. The maximum absolute atomic E-state index is 10.5. The van der Waals surface area contributed by atoms with E-state index in [4.69, 9.17) is 10.9 Å². The highest BCUT2D eigenvalue weighted by Crippen LogP contribution is 1.78. The minimum Gasteiger partial charge on any atom is -0.409 e. The lowest BCUT2D eigenvalue weighted by molar-refractivity contribution is -0.118. The van der Waals surface area contributed by atoms with Crippen LogP contribution in [0, 0.1) is 0 Å². The van der Waals surface area contributed by atoms with Crippen molar-refractivity contribution in [2.24, 2.45) is 16.6 Å². The molecular formula is C4H8N4O3. The predicted octanol–water partition coefficient (Wildman–Crippen LogP) is -1.68. The Morgan fingerprint density at radius 1 is 1.45 bits per heavy atom. The van der Waals surface area contributed by atoms with Crippen molar-refractivity contribution in [3.8, 4) is 0 Å². The molecule has 0 atom stereocenters. The van der Waals surface area contributed by atoms with Gasteiger partial charge in [0.2, 0.25) is 5.91 Å². The Hall–Kier alpha value is -1.79. The maximum Gasteiger partial charge on any atom is 0.318 e. The molecular weight excluding hydrogens is 152 g/mol. The number of urea groups is 1. The average Bonchev–Trinajstić information content (AvgIpc) is 1.85. The first-order valence-electron chi connectivity index (χ1n) is 2.62. The van der Waals surface area contributed by atoms with E-state index in [0.717, 1.165) is 0 Å². The van der Waals surface area contributed by atoms with Crippen LogP contribution in [0.4, 0.5) is 4.79 Å². The van der Waals surface area contributed by atoms with Crippen LogP contribution in [-0.4, -0.2) is 23.0 Å². The van der Waals surface area contributed by atoms with E-state index in [9.17, 15) is 9.59 Å². The van der Waals surface area contributed by atoms with Crippen molar-refractivity contribution in [2.75, 3.05) is 0 Å². The van der Waals surface area contributed by atoms with Gasteiger partial charge in [-0.3, -0.25) is 10.1 Å². The third-order valence-electron chi connectivity index (χ3n) is 0.733. The van der Waals surface area contributed by atoms with Crippen LogP contribution in [0.1, 0.15) is 6.42 Å². The molecule has 0 spiro atoms. The van der Waals surface area contributed by atoms with Crippen molar-refractivity contribution in [1.82, 2.24) is 5.32 Å². The summed E-state index contributed by atoms with van der Waals surface area (Å²) in [5.41, 5.74) is 9.53. The van der Waals surface area contributed by atoms with Crippen LogP contribution in [0.3, 0.4) is 0 Å². The second-order valence-corrected chi connectivity index (χ2v) is 1.68. The average molecular weight is 160 g/mol. The second kappa shape index (κ2) is 4.09. The van der Waals surface area contributed by atoms with Crippen molar-refractivity contribution in [3.63, 3.8) is 0 Å². The van der Waals surface area contributed by atoms with E-state index in [1.54, 1.807) is 5.32 Å². The van der Waals surface area contributed by atoms with E-state index in [1.165, 1.54) is 0 Å². The molecule has 3 amide bonds. The number of rotatable bonds is 2. The van der Waals surface area contributed by atoms with Crippen LogP contribution >= 0.6 is 0 Å². The van der Waals surface area contributed by atoms with Gasteiger partial charge in [0, 0.05) is 0 Å². The zero-order valence-corrected chi connectivity index (χ0v) is 5.57. The van der Waals surface area contributed by atoms with E-state index in [2.05, 4.69) is 10.9 Å². The molecule has 0 aliphatic heterocycles. The second-order valence-electron chi connectivity index (χ2n) is 1.68. The largest absolute Gasteiger partial charge is 0.409 e. The predicted molar refractivity (Wildman–Crippen MR) is 35.8 cm³/mol. The molecule has 0 unspecified atom stereocenters. The zero-order chi connectivity index (χ0) is 8.85. The molecule has 62 valence electrons. The topological polar surface area (TPSA) is 131 Å². The fourth-order valence-corrected chi connectivity index (χ4v) is 0.381. The first-order valence-corrected chi connectivity index (χ1v) is 2.62. The number of amidine groups is 1. The molecule has 0 saturated carbocycles. The van der Waals surface area contributed by atoms with Gasteiger partial charge < -0.3 is 16.7 Å². The Labute approximate surface area is 62.0 Å². The molecule has 0 radical (unpaired) electrons. The number of nitrogens with zero attached hydrogens (tertiary/aromatic N) is 1. The summed E-state index contributed by atoms with van der Waals surface area (Å²) in [6.07, 6.45) is -0.362. The van der Waals surface area contributed by atoms with E-state index < -0.39 is 11.9 Å². The fourth-order valence-electron chi connectivity index (χ4n) is 0.381. The third kappa shape index (κ3) is 4.70. The van der Waals surface area contributed by atoms with Crippen molar-refractivity contribution in [2.45, 2.75) is 6.42 Å². The fraction of sp³-hybridized carbons (Fsp3) is 0.250.